The van der Waals surface area contributed by atoms with Crippen LogP contribution in [-0.2, 0) is 26.2 Å². The van der Waals surface area contributed by atoms with Gasteiger partial charge in [-0.3, -0.25) is 0 Å². The summed E-state index contributed by atoms with van der Waals surface area (Å²) in [4.78, 5) is 0. The number of fused-ring (bicyclic) bond motifs is 1. The van der Waals surface area contributed by atoms with E-state index in [0.29, 0.717) is 0 Å². The fourth-order valence-electron chi connectivity index (χ4n) is 3.24. The molecule has 4 aromatic rings. The van der Waals surface area contributed by atoms with Crippen LogP contribution in [0.15, 0.2) is 65.1 Å². The van der Waals surface area contributed by atoms with Gasteiger partial charge in [-0.25, -0.2) is 0 Å². The van der Waals surface area contributed by atoms with Crippen LogP contribution < -0.4 is 24.8 Å². The van der Waals surface area contributed by atoms with Crippen LogP contribution in [0.4, 0.5) is 0 Å². The van der Waals surface area contributed by atoms with Crippen molar-refractivity contribution in [2.45, 2.75) is 20.8 Å². The zero-order valence-electron chi connectivity index (χ0n) is 14.9. The quantitative estimate of drug-likeness (QED) is 0.395. The van der Waals surface area contributed by atoms with Crippen molar-refractivity contribution in [3.05, 3.63) is 77.6 Å². The molecule has 0 atom stereocenters. The molecule has 26 heavy (non-hydrogen) atoms. The minimum atomic E-state index is 0. The molecule has 1 nitrogen and oxygen atoms in total. The average Bonchev–Trinajstić information content (AvgIpc) is 3.12. The topological polar surface area (TPSA) is 13.1 Å². The molecule has 0 saturated carbocycles. The standard InChI is InChI=1S/C22H19O.2ClH.Zr/c1-14-9-10-18-12-19(21-11-15(2)16(3)23-21)13-20(18)22(14)17-7-5-4-6-8-17;;;/h4-13H,1-3H3;2*1H;/q-1;;;+3/p-2. The SMILES string of the molecule is Cc1cc(-c2cc3c(-c4ccccc4)c(C)ccc3[cH-]2)oc1C.[Cl-].[Cl-].[Zr+3]. The summed E-state index contributed by atoms with van der Waals surface area (Å²) in [5.41, 5.74) is 6.23. The monoisotopic (exact) mass is 459 g/mol. The van der Waals surface area contributed by atoms with Gasteiger partial charge in [-0.1, -0.05) is 47.5 Å². The van der Waals surface area contributed by atoms with Crippen LogP contribution in [0.1, 0.15) is 16.9 Å². The summed E-state index contributed by atoms with van der Waals surface area (Å²) in [6.07, 6.45) is 0. The van der Waals surface area contributed by atoms with Crippen LogP contribution in [0.5, 0.6) is 0 Å². The Balaban J connectivity index is 0.00000113. The molecule has 0 bridgehead atoms. The fourth-order valence-corrected chi connectivity index (χ4v) is 3.24. The van der Waals surface area contributed by atoms with E-state index in [1.165, 1.54) is 33.0 Å². The van der Waals surface area contributed by atoms with Gasteiger partial charge >= 0.3 is 26.2 Å². The van der Waals surface area contributed by atoms with E-state index >= 15 is 0 Å². The van der Waals surface area contributed by atoms with Crippen LogP contribution in [0, 0.1) is 20.8 Å². The number of aryl methyl sites for hydroxylation is 3. The van der Waals surface area contributed by atoms with E-state index in [1.807, 2.05) is 6.92 Å². The van der Waals surface area contributed by atoms with Gasteiger partial charge in [0, 0.05) is 0 Å². The molecule has 0 unspecified atom stereocenters. The summed E-state index contributed by atoms with van der Waals surface area (Å²) >= 11 is 0. The van der Waals surface area contributed by atoms with Gasteiger partial charge in [0.2, 0.25) is 0 Å². The molecule has 1 heterocycles. The summed E-state index contributed by atoms with van der Waals surface area (Å²) in [5, 5.41) is 2.55. The molecule has 0 N–H and O–H groups in total. The molecule has 0 saturated heterocycles. The zero-order valence-corrected chi connectivity index (χ0v) is 18.9. The van der Waals surface area contributed by atoms with Crippen LogP contribution in [0.25, 0.3) is 33.2 Å². The molecule has 4 heteroatoms. The van der Waals surface area contributed by atoms with Crippen molar-refractivity contribution in [2.24, 2.45) is 0 Å². The first-order chi connectivity index (χ1) is 11.1. The Kier molecular flexibility index (Phi) is 8.02. The normalized spacial score (nSPS) is 9.96. The van der Waals surface area contributed by atoms with E-state index in [9.17, 15) is 0 Å². The molecule has 4 rings (SSSR count). The Hall–Kier alpha value is -1.21. The molecule has 0 aliphatic heterocycles. The Bertz CT molecular complexity index is 980. The maximum absolute atomic E-state index is 5.91. The van der Waals surface area contributed by atoms with Crippen molar-refractivity contribution >= 4 is 10.8 Å². The van der Waals surface area contributed by atoms with E-state index in [-0.39, 0.29) is 51.0 Å². The van der Waals surface area contributed by atoms with Gasteiger partial charge in [-0.2, -0.15) is 0 Å². The van der Waals surface area contributed by atoms with Crippen molar-refractivity contribution < 1.29 is 55.4 Å². The van der Waals surface area contributed by atoms with Crippen LogP contribution in [0.3, 0.4) is 0 Å². The summed E-state index contributed by atoms with van der Waals surface area (Å²) < 4.78 is 5.91. The van der Waals surface area contributed by atoms with E-state index in [4.69, 9.17) is 4.42 Å². The first-order valence-corrected chi connectivity index (χ1v) is 7.96. The molecule has 0 aliphatic carbocycles. The van der Waals surface area contributed by atoms with Gasteiger partial charge < -0.3 is 29.2 Å². The second-order valence-electron chi connectivity index (χ2n) is 6.22. The third-order valence-electron chi connectivity index (χ3n) is 4.61. The number of hydrogen-bond acceptors (Lipinski definition) is 1. The van der Waals surface area contributed by atoms with Crippen molar-refractivity contribution in [1.29, 1.82) is 0 Å². The second-order valence-corrected chi connectivity index (χ2v) is 6.22. The largest absolute Gasteiger partial charge is 3.00 e. The van der Waals surface area contributed by atoms with Crippen LogP contribution in [0.2, 0.25) is 0 Å². The number of benzene rings is 2. The molecule has 0 amide bonds. The molecule has 1 radical (unpaired) electrons. The van der Waals surface area contributed by atoms with Crippen molar-refractivity contribution in [1.82, 2.24) is 0 Å². The number of furan rings is 1. The Morgan fingerprint density at radius 2 is 1.50 bits per heavy atom. The Morgan fingerprint density at radius 1 is 0.808 bits per heavy atom. The van der Waals surface area contributed by atoms with Gasteiger partial charge in [-0.05, 0) is 43.5 Å². The first kappa shape index (κ1) is 22.8. The van der Waals surface area contributed by atoms with Gasteiger partial charge in [0.25, 0.3) is 0 Å². The van der Waals surface area contributed by atoms with Gasteiger partial charge in [0.1, 0.15) is 0 Å². The van der Waals surface area contributed by atoms with Crippen molar-refractivity contribution in [3.8, 4) is 22.5 Å². The van der Waals surface area contributed by atoms with E-state index in [0.717, 1.165) is 17.1 Å². The molecule has 131 valence electrons. The number of hydrogen-bond donors (Lipinski definition) is 0. The third kappa shape index (κ3) is 4.04. The molecule has 0 spiro atoms. The molecule has 0 fully saturated rings. The molecule has 1 aromatic heterocycles. The Labute approximate surface area is 186 Å². The minimum Gasteiger partial charge on any atom is -1.00 e. The summed E-state index contributed by atoms with van der Waals surface area (Å²) in [6, 6.07) is 21.6. The number of halogens is 2. The van der Waals surface area contributed by atoms with Crippen molar-refractivity contribution in [3.63, 3.8) is 0 Å². The average molecular weight is 462 g/mol. The number of rotatable bonds is 2. The maximum Gasteiger partial charge on any atom is 3.00 e. The Morgan fingerprint density at radius 3 is 2.12 bits per heavy atom. The zero-order chi connectivity index (χ0) is 16.0. The summed E-state index contributed by atoms with van der Waals surface area (Å²) in [5.74, 6) is 1.94. The minimum absolute atomic E-state index is 0. The summed E-state index contributed by atoms with van der Waals surface area (Å²) in [6.45, 7) is 6.28. The van der Waals surface area contributed by atoms with E-state index < -0.39 is 0 Å². The molecular weight excluding hydrogens is 442 g/mol. The molecular formula is C22H19Cl2OZr. The summed E-state index contributed by atoms with van der Waals surface area (Å²) in [7, 11) is 0. The first-order valence-electron chi connectivity index (χ1n) is 7.96. The van der Waals surface area contributed by atoms with Crippen LogP contribution in [-0.4, -0.2) is 0 Å². The maximum atomic E-state index is 5.91. The second kappa shape index (κ2) is 9.13. The molecule has 0 aliphatic rings. The predicted octanol–water partition coefficient (Wildman–Crippen LogP) is 0.416. The predicted molar refractivity (Wildman–Crippen MR) is 96.9 cm³/mol. The smallest absolute Gasteiger partial charge is 1.00 e. The van der Waals surface area contributed by atoms with Gasteiger partial charge in [0.05, 0.1) is 11.5 Å². The van der Waals surface area contributed by atoms with E-state index in [2.05, 4.69) is 74.5 Å². The molecule has 3 aromatic carbocycles. The third-order valence-corrected chi connectivity index (χ3v) is 4.61. The van der Waals surface area contributed by atoms with E-state index in [1.54, 1.807) is 0 Å². The van der Waals surface area contributed by atoms with Crippen molar-refractivity contribution in [2.75, 3.05) is 0 Å². The van der Waals surface area contributed by atoms with Gasteiger partial charge in [-0.15, -0.1) is 29.0 Å². The fraction of sp³-hybridized carbons (Fsp3) is 0.136. The van der Waals surface area contributed by atoms with Crippen LogP contribution >= 0.6 is 0 Å². The van der Waals surface area contributed by atoms with Gasteiger partial charge in [0.15, 0.2) is 0 Å².